The lowest BCUT2D eigenvalue weighted by atomic mass is 10.2. The van der Waals surface area contributed by atoms with Crippen molar-refractivity contribution in [3.63, 3.8) is 0 Å². The van der Waals surface area contributed by atoms with Gasteiger partial charge >= 0.3 is 5.91 Å². The molecule has 1 heterocycles. The molecule has 0 aliphatic carbocycles. The maximum absolute atomic E-state index is 12.3. The standard InChI is InChI=1S/C20H20N2O5/c1-4-26-16-7-8-17-14(9-16)10-19(27-17)20(23)22-21-12-13-5-6-15(24-2)11-18(13)25-3/h5-12H,4H2,1-3H3,(H,22,23)/b21-12+. The number of nitrogens with zero attached hydrogens (tertiary/aromatic N) is 1. The van der Waals surface area contributed by atoms with E-state index in [1.807, 2.05) is 13.0 Å². The average Bonchev–Trinajstić information content (AvgIpc) is 3.12. The molecule has 7 nitrogen and oxygen atoms in total. The third-order valence-electron chi connectivity index (χ3n) is 3.83. The number of carbonyl (C=O) groups excluding carboxylic acids is 1. The van der Waals surface area contributed by atoms with E-state index in [4.69, 9.17) is 18.6 Å². The van der Waals surface area contributed by atoms with Crippen molar-refractivity contribution >= 4 is 23.1 Å². The Kier molecular flexibility index (Phi) is 5.61. The fraction of sp³-hybridized carbons (Fsp3) is 0.200. The van der Waals surface area contributed by atoms with Crippen molar-refractivity contribution in [2.75, 3.05) is 20.8 Å². The third-order valence-corrected chi connectivity index (χ3v) is 3.83. The number of nitrogens with one attached hydrogen (secondary N) is 1. The average molecular weight is 368 g/mol. The molecular weight excluding hydrogens is 348 g/mol. The fourth-order valence-electron chi connectivity index (χ4n) is 2.53. The van der Waals surface area contributed by atoms with Crippen molar-refractivity contribution in [3.05, 3.63) is 53.8 Å². The van der Waals surface area contributed by atoms with Crippen molar-refractivity contribution in [1.82, 2.24) is 5.43 Å². The minimum atomic E-state index is -0.451. The summed E-state index contributed by atoms with van der Waals surface area (Å²) in [5.74, 6) is 1.69. The van der Waals surface area contributed by atoms with Crippen LogP contribution in [0.2, 0.25) is 0 Å². The van der Waals surface area contributed by atoms with Gasteiger partial charge in [0.25, 0.3) is 0 Å². The lowest BCUT2D eigenvalue weighted by Gasteiger charge is -2.06. The number of benzene rings is 2. The zero-order valence-electron chi connectivity index (χ0n) is 15.3. The van der Waals surface area contributed by atoms with Crippen molar-refractivity contribution in [3.8, 4) is 17.2 Å². The van der Waals surface area contributed by atoms with Crippen LogP contribution in [-0.2, 0) is 0 Å². The first-order valence-electron chi connectivity index (χ1n) is 8.36. The van der Waals surface area contributed by atoms with Crippen LogP contribution in [0.5, 0.6) is 17.2 Å². The lowest BCUT2D eigenvalue weighted by molar-refractivity contribution is 0.0929. The van der Waals surface area contributed by atoms with Crippen LogP contribution in [0, 0.1) is 0 Å². The van der Waals surface area contributed by atoms with Gasteiger partial charge in [-0.2, -0.15) is 5.10 Å². The molecule has 0 fully saturated rings. The summed E-state index contributed by atoms with van der Waals surface area (Å²) in [7, 11) is 3.13. The van der Waals surface area contributed by atoms with Gasteiger partial charge in [0.05, 0.1) is 27.0 Å². The van der Waals surface area contributed by atoms with Gasteiger partial charge in [-0.1, -0.05) is 0 Å². The number of carbonyl (C=O) groups is 1. The summed E-state index contributed by atoms with van der Waals surface area (Å²) < 4.78 is 21.4. The summed E-state index contributed by atoms with van der Waals surface area (Å²) in [5, 5.41) is 4.75. The highest BCUT2D eigenvalue weighted by Crippen LogP contribution is 2.25. The Morgan fingerprint density at radius 3 is 2.67 bits per heavy atom. The molecule has 3 aromatic rings. The highest BCUT2D eigenvalue weighted by Gasteiger charge is 2.12. The van der Waals surface area contributed by atoms with Gasteiger partial charge in [0, 0.05) is 17.0 Å². The molecule has 27 heavy (non-hydrogen) atoms. The summed E-state index contributed by atoms with van der Waals surface area (Å²) >= 11 is 0. The maximum Gasteiger partial charge on any atom is 0.307 e. The molecule has 0 saturated heterocycles. The molecule has 0 spiro atoms. The quantitative estimate of drug-likeness (QED) is 0.509. The molecule has 3 rings (SSSR count). The Morgan fingerprint density at radius 1 is 1.11 bits per heavy atom. The number of hydrogen-bond acceptors (Lipinski definition) is 6. The Labute approximate surface area is 156 Å². The first-order valence-corrected chi connectivity index (χ1v) is 8.36. The van der Waals surface area contributed by atoms with Crippen molar-refractivity contribution in [1.29, 1.82) is 0 Å². The number of amides is 1. The number of fused-ring (bicyclic) bond motifs is 1. The number of methoxy groups -OCH3 is 2. The molecule has 7 heteroatoms. The highest BCUT2D eigenvalue weighted by atomic mass is 16.5. The molecule has 0 aliphatic heterocycles. The molecule has 0 atom stereocenters. The van der Waals surface area contributed by atoms with Gasteiger partial charge in [0.2, 0.25) is 0 Å². The SMILES string of the molecule is CCOc1ccc2oc(C(=O)N/N=C/c3ccc(OC)cc3OC)cc2c1. The van der Waals surface area contributed by atoms with Gasteiger partial charge in [-0.05, 0) is 43.3 Å². The molecular formula is C20H20N2O5. The molecule has 0 aliphatic rings. The summed E-state index contributed by atoms with van der Waals surface area (Å²) in [5.41, 5.74) is 3.75. The molecule has 0 unspecified atom stereocenters. The fourth-order valence-corrected chi connectivity index (χ4v) is 2.53. The Hall–Kier alpha value is -3.48. The van der Waals surface area contributed by atoms with Crippen LogP contribution in [0.1, 0.15) is 23.0 Å². The number of ether oxygens (including phenoxy) is 3. The van der Waals surface area contributed by atoms with Crippen LogP contribution < -0.4 is 19.6 Å². The lowest BCUT2D eigenvalue weighted by Crippen LogP contribution is -2.16. The topological polar surface area (TPSA) is 82.3 Å². The van der Waals surface area contributed by atoms with Crippen LogP contribution in [0.4, 0.5) is 0 Å². The van der Waals surface area contributed by atoms with Gasteiger partial charge in [0.1, 0.15) is 22.8 Å². The van der Waals surface area contributed by atoms with E-state index >= 15 is 0 Å². The number of rotatable bonds is 7. The molecule has 2 aromatic carbocycles. The second-order valence-corrected chi connectivity index (χ2v) is 5.55. The van der Waals surface area contributed by atoms with Crippen LogP contribution in [0.15, 0.2) is 52.0 Å². The Bertz CT molecular complexity index is 978. The largest absolute Gasteiger partial charge is 0.497 e. The third kappa shape index (κ3) is 4.20. The van der Waals surface area contributed by atoms with Crippen LogP contribution in [0.25, 0.3) is 11.0 Å². The summed E-state index contributed by atoms with van der Waals surface area (Å²) in [6.07, 6.45) is 1.49. The minimum Gasteiger partial charge on any atom is -0.497 e. The first-order chi connectivity index (χ1) is 13.1. The molecule has 0 radical (unpaired) electrons. The van der Waals surface area contributed by atoms with E-state index < -0.39 is 5.91 Å². The van der Waals surface area contributed by atoms with E-state index in [0.717, 1.165) is 11.1 Å². The predicted octanol–water partition coefficient (Wildman–Crippen LogP) is 3.61. The highest BCUT2D eigenvalue weighted by molar-refractivity contribution is 5.97. The van der Waals surface area contributed by atoms with E-state index in [2.05, 4.69) is 10.5 Å². The summed E-state index contributed by atoms with van der Waals surface area (Å²) in [4.78, 5) is 12.3. The zero-order valence-corrected chi connectivity index (χ0v) is 15.3. The van der Waals surface area contributed by atoms with Crippen LogP contribution >= 0.6 is 0 Å². The molecule has 1 amide bonds. The summed E-state index contributed by atoms with van der Waals surface area (Å²) in [6.45, 7) is 2.48. The number of hydrazone groups is 1. The number of furan rings is 1. The number of hydrogen-bond donors (Lipinski definition) is 1. The van der Waals surface area contributed by atoms with Crippen LogP contribution in [0.3, 0.4) is 0 Å². The van der Waals surface area contributed by atoms with Gasteiger partial charge in [-0.25, -0.2) is 5.43 Å². The second kappa shape index (κ2) is 8.27. The second-order valence-electron chi connectivity index (χ2n) is 5.55. The zero-order chi connectivity index (χ0) is 19.2. The smallest absolute Gasteiger partial charge is 0.307 e. The molecule has 1 aromatic heterocycles. The van der Waals surface area contributed by atoms with E-state index in [0.29, 0.717) is 29.3 Å². The van der Waals surface area contributed by atoms with Gasteiger partial charge in [-0.15, -0.1) is 0 Å². The molecule has 0 bridgehead atoms. The first kappa shape index (κ1) is 18.3. The normalized spacial score (nSPS) is 10.9. The predicted molar refractivity (Wildman–Crippen MR) is 102 cm³/mol. The van der Waals surface area contributed by atoms with E-state index in [-0.39, 0.29) is 5.76 Å². The molecule has 1 N–H and O–H groups in total. The van der Waals surface area contributed by atoms with E-state index in [1.165, 1.54) is 6.21 Å². The van der Waals surface area contributed by atoms with E-state index in [9.17, 15) is 4.79 Å². The minimum absolute atomic E-state index is 0.164. The van der Waals surface area contributed by atoms with Crippen molar-refractivity contribution in [2.24, 2.45) is 5.10 Å². The molecule has 140 valence electrons. The van der Waals surface area contributed by atoms with Crippen molar-refractivity contribution < 1.29 is 23.4 Å². The van der Waals surface area contributed by atoms with Crippen molar-refractivity contribution in [2.45, 2.75) is 6.92 Å². The van der Waals surface area contributed by atoms with Gasteiger partial charge < -0.3 is 18.6 Å². The van der Waals surface area contributed by atoms with Gasteiger partial charge in [-0.3, -0.25) is 4.79 Å². The van der Waals surface area contributed by atoms with Gasteiger partial charge in [0.15, 0.2) is 5.76 Å². The van der Waals surface area contributed by atoms with Crippen LogP contribution in [-0.4, -0.2) is 32.9 Å². The Balaban J connectivity index is 1.72. The van der Waals surface area contributed by atoms with E-state index in [1.54, 1.807) is 50.6 Å². The molecule has 0 saturated carbocycles. The summed E-state index contributed by atoms with van der Waals surface area (Å²) in [6, 6.07) is 12.3. The Morgan fingerprint density at radius 2 is 1.93 bits per heavy atom. The monoisotopic (exact) mass is 368 g/mol. The maximum atomic E-state index is 12.3.